The lowest BCUT2D eigenvalue weighted by Crippen LogP contribution is -1.99. The summed E-state index contributed by atoms with van der Waals surface area (Å²) in [5.74, 6) is 0.631. The first-order valence-electron chi connectivity index (χ1n) is 4.35. The number of hydrogen-bond donors (Lipinski definition) is 1. The summed E-state index contributed by atoms with van der Waals surface area (Å²) in [7, 11) is 0. The second-order valence-corrected chi connectivity index (χ2v) is 3.15. The Morgan fingerprint density at radius 1 is 1.58 bits per heavy atom. The molecule has 2 heteroatoms. The van der Waals surface area contributed by atoms with E-state index in [1.165, 1.54) is 12.8 Å². The zero-order valence-electron chi connectivity index (χ0n) is 7.40. The first-order chi connectivity index (χ1) is 5.83. The van der Waals surface area contributed by atoms with Crippen LogP contribution >= 0.6 is 0 Å². The van der Waals surface area contributed by atoms with Crippen LogP contribution in [0, 0.1) is 5.92 Å². The SMILES string of the molecule is CC(C=CC1CC=CCC1)=NO. The highest BCUT2D eigenvalue weighted by atomic mass is 16.4. The highest BCUT2D eigenvalue weighted by molar-refractivity contribution is 5.92. The molecule has 0 heterocycles. The molecule has 0 fully saturated rings. The lowest BCUT2D eigenvalue weighted by atomic mass is 9.94. The van der Waals surface area contributed by atoms with Crippen molar-refractivity contribution in [3.05, 3.63) is 24.3 Å². The number of oxime groups is 1. The Morgan fingerprint density at radius 2 is 2.42 bits per heavy atom. The third kappa shape index (κ3) is 2.91. The first-order valence-corrected chi connectivity index (χ1v) is 4.35. The van der Waals surface area contributed by atoms with Crippen molar-refractivity contribution in [2.45, 2.75) is 26.2 Å². The minimum absolute atomic E-state index is 0.631. The molecule has 1 atom stereocenters. The predicted molar refractivity (Wildman–Crippen MR) is 50.5 cm³/mol. The van der Waals surface area contributed by atoms with Gasteiger partial charge >= 0.3 is 0 Å². The quantitative estimate of drug-likeness (QED) is 0.290. The van der Waals surface area contributed by atoms with Gasteiger partial charge in [-0.25, -0.2) is 0 Å². The van der Waals surface area contributed by atoms with E-state index in [1.54, 1.807) is 6.92 Å². The zero-order valence-corrected chi connectivity index (χ0v) is 7.40. The molecule has 66 valence electrons. The van der Waals surface area contributed by atoms with Crippen molar-refractivity contribution in [2.75, 3.05) is 0 Å². The summed E-state index contributed by atoms with van der Waals surface area (Å²) < 4.78 is 0. The van der Waals surface area contributed by atoms with Crippen LogP contribution in [0.15, 0.2) is 29.5 Å². The Kier molecular flexibility index (Phi) is 3.58. The van der Waals surface area contributed by atoms with Gasteiger partial charge in [-0.15, -0.1) is 0 Å². The van der Waals surface area contributed by atoms with E-state index in [-0.39, 0.29) is 0 Å². The molecule has 0 bridgehead atoms. The topological polar surface area (TPSA) is 32.6 Å². The standard InChI is InChI=1S/C10H15NO/c1-9(11-12)7-8-10-5-3-2-4-6-10/h2-3,7-8,10,12H,4-6H2,1H3. The summed E-state index contributed by atoms with van der Waals surface area (Å²) in [4.78, 5) is 0. The summed E-state index contributed by atoms with van der Waals surface area (Å²) in [5, 5.41) is 11.5. The van der Waals surface area contributed by atoms with Gasteiger partial charge in [0.25, 0.3) is 0 Å². The Morgan fingerprint density at radius 3 is 3.00 bits per heavy atom. The minimum Gasteiger partial charge on any atom is -0.411 e. The third-order valence-corrected chi connectivity index (χ3v) is 2.08. The van der Waals surface area contributed by atoms with Crippen LogP contribution in [-0.4, -0.2) is 10.9 Å². The molecule has 0 spiro atoms. The van der Waals surface area contributed by atoms with Gasteiger partial charge in [0.15, 0.2) is 0 Å². The van der Waals surface area contributed by atoms with Gasteiger partial charge in [-0.3, -0.25) is 0 Å². The maximum Gasteiger partial charge on any atom is 0.0761 e. The third-order valence-electron chi connectivity index (χ3n) is 2.08. The molecule has 0 radical (unpaired) electrons. The van der Waals surface area contributed by atoms with Gasteiger partial charge in [-0.1, -0.05) is 23.4 Å². The average molecular weight is 165 g/mol. The second-order valence-electron chi connectivity index (χ2n) is 3.15. The summed E-state index contributed by atoms with van der Waals surface area (Å²) >= 11 is 0. The van der Waals surface area contributed by atoms with Crippen LogP contribution in [0.5, 0.6) is 0 Å². The van der Waals surface area contributed by atoms with Crippen LogP contribution in [0.2, 0.25) is 0 Å². The van der Waals surface area contributed by atoms with Crippen LogP contribution in [0.4, 0.5) is 0 Å². The zero-order chi connectivity index (χ0) is 8.81. The van der Waals surface area contributed by atoms with Crippen LogP contribution in [-0.2, 0) is 0 Å². The van der Waals surface area contributed by atoms with Crippen molar-refractivity contribution in [3.63, 3.8) is 0 Å². The van der Waals surface area contributed by atoms with Gasteiger partial charge in [0.1, 0.15) is 0 Å². The average Bonchev–Trinajstić information content (AvgIpc) is 2.16. The maximum absolute atomic E-state index is 8.39. The van der Waals surface area contributed by atoms with Gasteiger partial charge in [0, 0.05) is 0 Å². The second kappa shape index (κ2) is 4.75. The van der Waals surface area contributed by atoms with Crippen LogP contribution in [0.3, 0.4) is 0 Å². The summed E-state index contributed by atoms with van der Waals surface area (Å²) in [6, 6.07) is 0. The van der Waals surface area contributed by atoms with Crippen LogP contribution in [0.1, 0.15) is 26.2 Å². The van der Waals surface area contributed by atoms with Gasteiger partial charge in [-0.05, 0) is 38.2 Å². The fraction of sp³-hybridized carbons (Fsp3) is 0.500. The number of nitrogens with zero attached hydrogens (tertiary/aromatic N) is 1. The molecule has 2 nitrogen and oxygen atoms in total. The predicted octanol–water partition coefficient (Wildman–Crippen LogP) is 2.75. The lowest BCUT2D eigenvalue weighted by molar-refractivity contribution is 0.319. The van der Waals surface area contributed by atoms with Gasteiger partial charge in [-0.2, -0.15) is 0 Å². The normalized spacial score (nSPS) is 25.1. The van der Waals surface area contributed by atoms with Gasteiger partial charge in [0.2, 0.25) is 0 Å². The Labute approximate surface area is 73.3 Å². The van der Waals surface area contributed by atoms with E-state index in [0.717, 1.165) is 6.42 Å². The summed E-state index contributed by atoms with van der Waals surface area (Å²) in [6.45, 7) is 1.79. The van der Waals surface area contributed by atoms with Crippen molar-refractivity contribution in [2.24, 2.45) is 11.1 Å². The molecular formula is C10H15NO. The molecule has 0 aromatic heterocycles. The molecule has 0 aromatic rings. The highest BCUT2D eigenvalue weighted by Crippen LogP contribution is 2.18. The first kappa shape index (κ1) is 9.04. The van der Waals surface area contributed by atoms with Crippen LogP contribution < -0.4 is 0 Å². The molecule has 0 amide bonds. The minimum atomic E-state index is 0.631. The molecule has 0 saturated heterocycles. The van der Waals surface area contributed by atoms with Gasteiger partial charge < -0.3 is 5.21 Å². The molecule has 0 aromatic carbocycles. The highest BCUT2D eigenvalue weighted by Gasteiger charge is 2.04. The summed E-state index contributed by atoms with van der Waals surface area (Å²) in [5.41, 5.74) is 0.671. The fourth-order valence-corrected chi connectivity index (χ4v) is 1.30. The van der Waals surface area contributed by atoms with Crippen molar-refractivity contribution >= 4 is 5.71 Å². The van der Waals surface area contributed by atoms with Crippen molar-refractivity contribution < 1.29 is 5.21 Å². The Bertz CT molecular complexity index is 216. The molecule has 1 aliphatic rings. The number of allylic oxidation sites excluding steroid dienone is 4. The molecule has 1 unspecified atom stereocenters. The summed E-state index contributed by atoms with van der Waals surface area (Å²) in [6.07, 6.45) is 11.9. The van der Waals surface area contributed by atoms with E-state index in [1.807, 2.05) is 6.08 Å². The van der Waals surface area contributed by atoms with Crippen molar-refractivity contribution in [1.29, 1.82) is 0 Å². The van der Waals surface area contributed by atoms with E-state index in [2.05, 4.69) is 23.4 Å². The Hall–Kier alpha value is -1.05. The van der Waals surface area contributed by atoms with Gasteiger partial charge in [0.05, 0.1) is 5.71 Å². The molecule has 1 aliphatic carbocycles. The molecule has 1 N–H and O–H groups in total. The van der Waals surface area contributed by atoms with Crippen molar-refractivity contribution in [3.8, 4) is 0 Å². The molecule has 0 saturated carbocycles. The van der Waals surface area contributed by atoms with Crippen molar-refractivity contribution in [1.82, 2.24) is 0 Å². The number of rotatable bonds is 2. The molecule has 0 aliphatic heterocycles. The lowest BCUT2D eigenvalue weighted by Gasteiger charge is -2.12. The molecule has 12 heavy (non-hydrogen) atoms. The van der Waals surface area contributed by atoms with E-state index in [4.69, 9.17) is 5.21 Å². The van der Waals surface area contributed by atoms with E-state index >= 15 is 0 Å². The Balaban J connectivity index is 2.40. The fourth-order valence-electron chi connectivity index (χ4n) is 1.30. The molecule has 1 rings (SSSR count). The monoisotopic (exact) mass is 165 g/mol. The number of hydrogen-bond acceptors (Lipinski definition) is 2. The largest absolute Gasteiger partial charge is 0.411 e. The smallest absolute Gasteiger partial charge is 0.0761 e. The van der Waals surface area contributed by atoms with E-state index in [9.17, 15) is 0 Å². The maximum atomic E-state index is 8.39. The van der Waals surface area contributed by atoms with Crippen LogP contribution in [0.25, 0.3) is 0 Å². The van der Waals surface area contributed by atoms with E-state index < -0.39 is 0 Å². The molecular weight excluding hydrogens is 150 g/mol. The van der Waals surface area contributed by atoms with E-state index in [0.29, 0.717) is 11.6 Å².